The minimum atomic E-state index is 0.421. The van der Waals surface area contributed by atoms with Crippen molar-refractivity contribution in [1.82, 2.24) is 0 Å². The first-order chi connectivity index (χ1) is 15.0. The number of nitriles is 1. The molecule has 7 unspecified atom stereocenters. The van der Waals surface area contributed by atoms with Crippen LogP contribution in [-0.2, 0) is 9.47 Å². The first-order valence-corrected chi connectivity index (χ1v) is 13.5. The fourth-order valence-corrected chi connectivity index (χ4v) is 9.90. The number of hydrogen-bond donors (Lipinski definition) is 0. The van der Waals surface area contributed by atoms with Crippen molar-refractivity contribution in [2.75, 3.05) is 19.8 Å². The van der Waals surface area contributed by atoms with E-state index in [-0.39, 0.29) is 0 Å². The average Bonchev–Trinajstić information content (AvgIpc) is 3.08. The summed E-state index contributed by atoms with van der Waals surface area (Å²) in [5, 5.41) is 9.13. The number of rotatable bonds is 3. The Balaban J connectivity index is 1.44. The molecule has 0 N–H and O–H groups in total. The van der Waals surface area contributed by atoms with E-state index in [1.807, 2.05) is 0 Å². The van der Waals surface area contributed by atoms with Crippen molar-refractivity contribution in [3.8, 4) is 6.07 Å². The van der Waals surface area contributed by atoms with E-state index < -0.39 is 0 Å². The number of hydrogen-bond acceptors (Lipinski definition) is 3. The van der Waals surface area contributed by atoms with Crippen LogP contribution in [0, 0.1) is 63.6 Å². The summed E-state index contributed by atoms with van der Waals surface area (Å²) in [7, 11) is 0. The van der Waals surface area contributed by atoms with Gasteiger partial charge in [-0.3, -0.25) is 0 Å². The molecule has 10 atom stereocenters. The smallest absolute Gasteiger partial charge is 0.0704 e. The van der Waals surface area contributed by atoms with Gasteiger partial charge in [0.05, 0.1) is 25.4 Å². The maximum Gasteiger partial charge on any atom is 0.0704 e. The zero-order valence-corrected chi connectivity index (χ0v) is 20.3. The lowest BCUT2D eigenvalue weighted by Crippen LogP contribution is -2.49. The summed E-state index contributed by atoms with van der Waals surface area (Å²) in [5.41, 5.74) is 0.917. The average molecular weight is 428 g/mol. The van der Waals surface area contributed by atoms with Gasteiger partial charge in [-0.15, -0.1) is 0 Å². The van der Waals surface area contributed by atoms with E-state index in [4.69, 9.17) is 14.7 Å². The second-order valence-corrected chi connectivity index (χ2v) is 12.6. The molecule has 5 fully saturated rings. The van der Waals surface area contributed by atoms with Crippen LogP contribution >= 0.6 is 0 Å². The van der Waals surface area contributed by atoms with Crippen LogP contribution in [0.2, 0.25) is 0 Å². The van der Waals surface area contributed by atoms with E-state index in [0.717, 1.165) is 68.2 Å². The van der Waals surface area contributed by atoms with Crippen LogP contribution in [-0.4, -0.2) is 25.9 Å². The zero-order chi connectivity index (χ0) is 21.6. The molecule has 0 aromatic heterocycles. The molecule has 5 aliphatic rings. The SMILES string of the molecule is C[C@H](CCC#N)C1CCC2C3CC4CC5CC(C4)[C@](C)(CCOCCO5)C3CC[C@@]21C. The van der Waals surface area contributed by atoms with Gasteiger partial charge in [0.1, 0.15) is 0 Å². The molecule has 3 nitrogen and oxygen atoms in total. The monoisotopic (exact) mass is 427 g/mol. The molecule has 0 aromatic rings. The standard InChI is InChI=1S/C28H45NO2/c1-19(5-4-11-29)24-6-7-25-23-17-20-15-21-18-22(16-20)31-14-13-30-12-10-27(21,2)26(23)8-9-28(24,25)3/h19-26H,4-10,12-18H2,1-3H3/t19-,20?,21?,22?,23?,24?,25?,26?,27+,28-/m1/s1. The molecule has 1 heterocycles. The summed E-state index contributed by atoms with van der Waals surface area (Å²) in [6.45, 7) is 10.3. The van der Waals surface area contributed by atoms with Crippen molar-refractivity contribution >= 4 is 0 Å². The highest BCUT2D eigenvalue weighted by molar-refractivity contribution is 5.09. The molecule has 5 rings (SSSR count). The Labute approximate surface area is 190 Å². The Morgan fingerprint density at radius 2 is 1.77 bits per heavy atom. The predicted octanol–water partition coefficient (Wildman–Crippen LogP) is 6.62. The largest absolute Gasteiger partial charge is 0.379 e. The van der Waals surface area contributed by atoms with E-state index in [2.05, 4.69) is 26.8 Å². The number of fused-ring (bicyclic) bond motifs is 6. The van der Waals surface area contributed by atoms with Crippen LogP contribution in [0.1, 0.15) is 91.4 Å². The summed E-state index contributed by atoms with van der Waals surface area (Å²) in [4.78, 5) is 0. The van der Waals surface area contributed by atoms with Gasteiger partial charge in [0.25, 0.3) is 0 Å². The van der Waals surface area contributed by atoms with E-state index >= 15 is 0 Å². The molecular formula is C28H45NO2. The van der Waals surface area contributed by atoms with E-state index in [1.165, 1.54) is 57.8 Å². The molecule has 31 heavy (non-hydrogen) atoms. The Hall–Kier alpha value is -0.590. The Morgan fingerprint density at radius 3 is 2.61 bits per heavy atom. The highest BCUT2D eigenvalue weighted by Gasteiger charge is 2.60. The maximum atomic E-state index is 9.13. The van der Waals surface area contributed by atoms with Gasteiger partial charge < -0.3 is 9.47 Å². The van der Waals surface area contributed by atoms with Gasteiger partial charge >= 0.3 is 0 Å². The van der Waals surface area contributed by atoms with Crippen molar-refractivity contribution in [2.45, 2.75) is 97.5 Å². The normalized spacial score (nSPS) is 50.6. The van der Waals surface area contributed by atoms with Crippen LogP contribution in [0.5, 0.6) is 0 Å². The molecule has 0 aromatic carbocycles. The molecular weight excluding hydrogens is 382 g/mol. The van der Waals surface area contributed by atoms with Crippen LogP contribution in [0.3, 0.4) is 0 Å². The van der Waals surface area contributed by atoms with Crippen molar-refractivity contribution in [1.29, 1.82) is 5.26 Å². The van der Waals surface area contributed by atoms with Gasteiger partial charge in [0.15, 0.2) is 0 Å². The fourth-order valence-electron chi connectivity index (χ4n) is 9.90. The Bertz CT molecular complexity index is 687. The van der Waals surface area contributed by atoms with Crippen molar-refractivity contribution in [2.24, 2.45) is 52.3 Å². The van der Waals surface area contributed by atoms with Crippen LogP contribution in [0.25, 0.3) is 0 Å². The molecule has 0 spiro atoms. The Kier molecular flexibility index (Phi) is 6.19. The second kappa shape index (κ2) is 8.64. The lowest BCUT2D eigenvalue weighted by atomic mass is 9.50. The Morgan fingerprint density at radius 1 is 0.935 bits per heavy atom. The summed E-state index contributed by atoms with van der Waals surface area (Å²) in [6.07, 6.45) is 14.7. The number of ether oxygens (including phenoxy) is 2. The third-order valence-corrected chi connectivity index (χ3v) is 11.4. The van der Waals surface area contributed by atoms with E-state index in [1.54, 1.807) is 0 Å². The van der Waals surface area contributed by atoms with Crippen molar-refractivity contribution in [3.05, 3.63) is 0 Å². The summed E-state index contributed by atoms with van der Waals surface area (Å²) in [5.74, 6) is 5.87. The molecule has 3 heteroatoms. The quantitative estimate of drug-likeness (QED) is 0.508. The van der Waals surface area contributed by atoms with Crippen LogP contribution < -0.4 is 0 Å². The van der Waals surface area contributed by atoms with Crippen molar-refractivity contribution < 1.29 is 9.47 Å². The maximum absolute atomic E-state index is 9.13. The minimum Gasteiger partial charge on any atom is -0.379 e. The van der Waals surface area contributed by atoms with Gasteiger partial charge in [-0.2, -0.15) is 5.26 Å². The first kappa shape index (κ1) is 22.2. The molecule has 4 aliphatic carbocycles. The second-order valence-electron chi connectivity index (χ2n) is 12.6. The molecule has 3 bridgehead atoms. The molecule has 4 saturated carbocycles. The van der Waals surface area contributed by atoms with E-state index in [0.29, 0.717) is 22.9 Å². The molecule has 1 aliphatic heterocycles. The van der Waals surface area contributed by atoms with Crippen molar-refractivity contribution in [3.63, 3.8) is 0 Å². The van der Waals surface area contributed by atoms with Crippen LogP contribution in [0.15, 0.2) is 0 Å². The molecule has 0 amide bonds. The lowest BCUT2D eigenvalue weighted by Gasteiger charge is -2.55. The molecule has 0 radical (unpaired) electrons. The van der Waals surface area contributed by atoms with Crippen LogP contribution in [0.4, 0.5) is 0 Å². The molecule has 1 saturated heterocycles. The zero-order valence-electron chi connectivity index (χ0n) is 20.3. The third kappa shape index (κ3) is 3.78. The van der Waals surface area contributed by atoms with Gasteiger partial charge in [0, 0.05) is 13.0 Å². The van der Waals surface area contributed by atoms with Gasteiger partial charge in [0.2, 0.25) is 0 Å². The first-order valence-electron chi connectivity index (χ1n) is 13.5. The fraction of sp³-hybridized carbons (Fsp3) is 0.964. The highest BCUT2D eigenvalue weighted by Crippen LogP contribution is 2.68. The van der Waals surface area contributed by atoms with Gasteiger partial charge in [-0.25, -0.2) is 0 Å². The highest BCUT2D eigenvalue weighted by atomic mass is 16.5. The third-order valence-electron chi connectivity index (χ3n) is 11.4. The van der Waals surface area contributed by atoms with E-state index in [9.17, 15) is 0 Å². The van der Waals surface area contributed by atoms with Gasteiger partial charge in [-0.05, 0) is 116 Å². The summed E-state index contributed by atoms with van der Waals surface area (Å²) < 4.78 is 12.4. The number of nitrogens with zero attached hydrogens (tertiary/aromatic N) is 1. The predicted molar refractivity (Wildman–Crippen MR) is 123 cm³/mol. The molecule has 174 valence electrons. The lowest BCUT2D eigenvalue weighted by molar-refractivity contribution is -0.0974. The summed E-state index contributed by atoms with van der Waals surface area (Å²) >= 11 is 0. The topological polar surface area (TPSA) is 42.2 Å². The summed E-state index contributed by atoms with van der Waals surface area (Å²) in [6, 6.07) is 2.41. The minimum absolute atomic E-state index is 0.421. The van der Waals surface area contributed by atoms with Gasteiger partial charge in [-0.1, -0.05) is 20.8 Å².